The SMILES string of the molecule is CCN(CC#N)C1CCNCC1. The Morgan fingerprint density at radius 2 is 2.17 bits per heavy atom. The van der Waals surface area contributed by atoms with Crippen LogP contribution in [0.3, 0.4) is 0 Å². The highest BCUT2D eigenvalue weighted by molar-refractivity contribution is 4.83. The number of rotatable bonds is 3. The van der Waals surface area contributed by atoms with Gasteiger partial charge in [-0.25, -0.2) is 0 Å². The van der Waals surface area contributed by atoms with Crippen molar-refractivity contribution in [1.29, 1.82) is 5.26 Å². The minimum Gasteiger partial charge on any atom is -0.317 e. The molecule has 3 heteroatoms. The molecule has 0 saturated carbocycles. The highest BCUT2D eigenvalue weighted by atomic mass is 15.2. The van der Waals surface area contributed by atoms with Gasteiger partial charge < -0.3 is 5.32 Å². The van der Waals surface area contributed by atoms with Crippen LogP contribution in [0.4, 0.5) is 0 Å². The summed E-state index contributed by atoms with van der Waals surface area (Å²) in [5.41, 5.74) is 0. The number of nitrogens with zero attached hydrogens (tertiary/aromatic N) is 2. The van der Waals surface area contributed by atoms with E-state index in [-0.39, 0.29) is 0 Å². The molecule has 3 nitrogen and oxygen atoms in total. The fraction of sp³-hybridized carbons (Fsp3) is 0.889. The Morgan fingerprint density at radius 3 is 2.67 bits per heavy atom. The number of hydrogen-bond donors (Lipinski definition) is 1. The average molecular weight is 167 g/mol. The molecule has 0 atom stereocenters. The molecule has 1 heterocycles. The van der Waals surface area contributed by atoms with Crippen LogP contribution in [0.25, 0.3) is 0 Å². The van der Waals surface area contributed by atoms with Crippen LogP contribution in [0, 0.1) is 11.3 Å². The molecule has 0 spiro atoms. The van der Waals surface area contributed by atoms with Gasteiger partial charge in [-0.05, 0) is 32.5 Å². The van der Waals surface area contributed by atoms with E-state index in [1.165, 1.54) is 12.8 Å². The number of nitriles is 1. The minimum atomic E-state index is 0.584. The van der Waals surface area contributed by atoms with Crippen LogP contribution in [0.15, 0.2) is 0 Å². The monoisotopic (exact) mass is 167 g/mol. The van der Waals surface area contributed by atoms with Gasteiger partial charge in [0.1, 0.15) is 0 Å². The van der Waals surface area contributed by atoms with Gasteiger partial charge in [0.15, 0.2) is 0 Å². The largest absolute Gasteiger partial charge is 0.317 e. The van der Waals surface area contributed by atoms with Crippen molar-refractivity contribution in [3.8, 4) is 6.07 Å². The van der Waals surface area contributed by atoms with Crippen molar-refractivity contribution in [3.63, 3.8) is 0 Å². The van der Waals surface area contributed by atoms with Crippen molar-refractivity contribution >= 4 is 0 Å². The summed E-state index contributed by atoms with van der Waals surface area (Å²) in [5.74, 6) is 0. The predicted octanol–water partition coefficient (Wildman–Crippen LogP) is 0.584. The fourth-order valence-electron chi connectivity index (χ4n) is 1.76. The number of piperidine rings is 1. The van der Waals surface area contributed by atoms with Crippen molar-refractivity contribution in [1.82, 2.24) is 10.2 Å². The van der Waals surface area contributed by atoms with Gasteiger partial charge in [0.05, 0.1) is 12.6 Å². The minimum absolute atomic E-state index is 0.584. The van der Waals surface area contributed by atoms with Crippen molar-refractivity contribution in [2.75, 3.05) is 26.2 Å². The fourth-order valence-corrected chi connectivity index (χ4v) is 1.76. The van der Waals surface area contributed by atoms with E-state index in [2.05, 4.69) is 23.2 Å². The molecular formula is C9H17N3. The van der Waals surface area contributed by atoms with Crippen LogP contribution >= 0.6 is 0 Å². The summed E-state index contributed by atoms with van der Waals surface area (Å²) >= 11 is 0. The zero-order valence-electron chi connectivity index (χ0n) is 7.71. The van der Waals surface area contributed by atoms with E-state index in [1.54, 1.807) is 0 Å². The van der Waals surface area contributed by atoms with Crippen molar-refractivity contribution in [2.45, 2.75) is 25.8 Å². The highest BCUT2D eigenvalue weighted by Gasteiger charge is 2.18. The van der Waals surface area contributed by atoms with Crippen LogP contribution in [0.2, 0.25) is 0 Å². The number of hydrogen-bond acceptors (Lipinski definition) is 3. The molecule has 1 fully saturated rings. The third kappa shape index (κ3) is 2.47. The van der Waals surface area contributed by atoms with Gasteiger partial charge in [0.25, 0.3) is 0 Å². The van der Waals surface area contributed by atoms with Crippen molar-refractivity contribution in [3.05, 3.63) is 0 Å². The molecule has 0 amide bonds. The van der Waals surface area contributed by atoms with E-state index in [0.717, 1.165) is 19.6 Å². The second kappa shape index (κ2) is 5.13. The summed E-state index contributed by atoms with van der Waals surface area (Å²) in [6, 6.07) is 2.86. The lowest BCUT2D eigenvalue weighted by molar-refractivity contribution is 0.190. The molecule has 0 bridgehead atoms. The Morgan fingerprint density at radius 1 is 1.50 bits per heavy atom. The summed E-state index contributed by atoms with van der Waals surface area (Å²) in [6.07, 6.45) is 2.38. The first-order valence-corrected chi connectivity index (χ1v) is 4.70. The van der Waals surface area contributed by atoms with Gasteiger partial charge >= 0.3 is 0 Å². The average Bonchev–Trinajstić information content (AvgIpc) is 2.15. The topological polar surface area (TPSA) is 39.1 Å². The molecule has 0 aromatic rings. The Labute approximate surface area is 74.4 Å². The van der Waals surface area contributed by atoms with Crippen molar-refractivity contribution in [2.24, 2.45) is 0 Å². The van der Waals surface area contributed by atoms with Crippen LogP contribution < -0.4 is 5.32 Å². The first-order valence-electron chi connectivity index (χ1n) is 4.70. The molecule has 0 radical (unpaired) electrons. The Balaban J connectivity index is 2.36. The summed E-state index contributed by atoms with van der Waals surface area (Å²) in [5, 5.41) is 11.9. The Hall–Kier alpha value is -0.590. The standard InChI is InChI=1S/C9H17N3/c1-2-12(8-5-10)9-3-6-11-7-4-9/h9,11H,2-4,6-8H2,1H3. The van der Waals surface area contributed by atoms with E-state index in [4.69, 9.17) is 5.26 Å². The second-order valence-corrected chi connectivity index (χ2v) is 3.20. The molecule has 1 rings (SSSR count). The van der Waals surface area contributed by atoms with Gasteiger partial charge in [-0.2, -0.15) is 5.26 Å². The van der Waals surface area contributed by atoms with Gasteiger partial charge in [-0.3, -0.25) is 4.90 Å². The zero-order chi connectivity index (χ0) is 8.81. The molecule has 68 valence electrons. The zero-order valence-corrected chi connectivity index (χ0v) is 7.71. The normalized spacial score (nSPS) is 19.4. The molecule has 1 N–H and O–H groups in total. The van der Waals surface area contributed by atoms with Gasteiger partial charge in [-0.15, -0.1) is 0 Å². The van der Waals surface area contributed by atoms with E-state index >= 15 is 0 Å². The molecular weight excluding hydrogens is 150 g/mol. The molecule has 0 aromatic heterocycles. The first-order chi connectivity index (χ1) is 5.88. The van der Waals surface area contributed by atoms with E-state index in [0.29, 0.717) is 12.6 Å². The van der Waals surface area contributed by atoms with Crippen LogP contribution in [0.5, 0.6) is 0 Å². The Kier molecular flexibility index (Phi) is 4.06. The van der Waals surface area contributed by atoms with Gasteiger partial charge in [0, 0.05) is 6.04 Å². The maximum atomic E-state index is 8.59. The molecule has 0 unspecified atom stereocenters. The third-order valence-electron chi connectivity index (χ3n) is 2.51. The van der Waals surface area contributed by atoms with Gasteiger partial charge in [-0.1, -0.05) is 6.92 Å². The lowest BCUT2D eigenvalue weighted by atomic mass is 10.1. The summed E-state index contributed by atoms with van der Waals surface area (Å²) in [7, 11) is 0. The molecule has 1 saturated heterocycles. The van der Waals surface area contributed by atoms with E-state index < -0.39 is 0 Å². The maximum Gasteiger partial charge on any atom is 0.0868 e. The second-order valence-electron chi connectivity index (χ2n) is 3.20. The Bertz CT molecular complexity index is 156. The summed E-state index contributed by atoms with van der Waals surface area (Å²) in [4.78, 5) is 2.26. The molecule has 1 aliphatic rings. The van der Waals surface area contributed by atoms with Crippen LogP contribution in [-0.4, -0.2) is 37.1 Å². The molecule has 0 aliphatic carbocycles. The number of nitrogens with one attached hydrogen (secondary N) is 1. The predicted molar refractivity (Wildman–Crippen MR) is 48.8 cm³/mol. The molecule has 1 aliphatic heterocycles. The summed E-state index contributed by atoms with van der Waals surface area (Å²) in [6.45, 7) is 5.91. The third-order valence-corrected chi connectivity index (χ3v) is 2.51. The lowest BCUT2D eigenvalue weighted by Crippen LogP contribution is -2.43. The smallest absolute Gasteiger partial charge is 0.0868 e. The highest BCUT2D eigenvalue weighted by Crippen LogP contribution is 2.10. The first kappa shape index (κ1) is 9.50. The maximum absolute atomic E-state index is 8.59. The van der Waals surface area contributed by atoms with Crippen LogP contribution in [0.1, 0.15) is 19.8 Å². The molecule has 12 heavy (non-hydrogen) atoms. The van der Waals surface area contributed by atoms with Crippen molar-refractivity contribution < 1.29 is 0 Å². The van der Waals surface area contributed by atoms with Gasteiger partial charge in [0.2, 0.25) is 0 Å². The lowest BCUT2D eigenvalue weighted by Gasteiger charge is -2.31. The summed E-state index contributed by atoms with van der Waals surface area (Å²) < 4.78 is 0. The molecule has 0 aromatic carbocycles. The van der Waals surface area contributed by atoms with E-state index in [1.807, 2.05) is 0 Å². The van der Waals surface area contributed by atoms with E-state index in [9.17, 15) is 0 Å². The quantitative estimate of drug-likeness (QED) is 0.625. The van der Waals surface area contributed by atoms with Crippen LogP contribution in [-0.2, 0) is 0 Å².